The summed E-state index contributed by atoms with van der Waals surface area (Å²) in [6.45, 7) is 3.99. The van der Waals surface area contributed by atoms with Gasteiger partial charge in [0, 0.05) is 25.0 Å². The highest BCUT2D eigenvalue weighted by atomic mass is 32.2. The van der Waals surface area contributed by atoms with Crippen molar-refractivity contribution in [3.8, 4) is 11.1 Å². The molecule has 0 fully saturated rings. The summed E-state index contributed by atoms with van der Waals surface area (Å²) in [5.74, 6) is 0.0823. The monoisotopic (exact) mass is 357 g/mol. The lowest BCUT2D eigenvalue weighted by molar-refractivity contribution is -0.127. The molecule has 1 aromatic carbocycles. The predicted octanol–water partition coefficient (Wildman–Crippen LogP) is 4.24. The van der Waals surface area contributed by atoms with Crippen molar-refractivity contribution in [1.29, 1.82) is 0 Å². The highest BCUT2D eigenvalue weighted by molar-refractivity contribution is 8.00. The molecule has 124 valence electrons. The molecule has 0 spiro atoms. The molecule has 0 aliphatic rings. The first-order valence-electron chi connectivity index (χ1n) is 7.64. The second-order valence-electron chi connectivity index (χ2n) is 5.87. The van der Waals surface area contributed by atoms with Gasteiger partial charge in [0.05, 0.1) is 10.6 Å². The SMILES string of the molecule is Cc1ccc(-c2csc3ncnc(S[C@@H](C)C(=O)N(C)C)c23)cc1. The van der Waals surface area contributed by atoms with Gasteiger partial charge in [-0.3, -0.25) is 4.79 Å². The van der Waals surface area contributed by atoms with E-state index >= 15 is 0 Å². The minimum absolute atomic E-state index is 0.0823. The van der Waals surface area contributed by atoms with Crippen LogP contribution < -0.4 is 0 Å². The van der Waals surface area contributed by atoms with E-state index in [0.717, 1.165) is 26.4 Å². The third-order valence-electron chi connectivity index (χ3n) is 3.77. The number of nitrogens with zero attached hydrogens (tertiary/aromatic N) is 3. The lowest BCUT2D eigenvalue weighted by atomic mass is 10.1. The van der Waals surface area contributed by atoms with Crippen molar-refractivity contribution in [1.82, 2.24) is 14.9 Å². The van der Waals surface area contributed by atoms with E-state index in [1.807, 2.05) is 6.92 Å². The Balaban J connectivity index is 2.04. The van der Waals surface area contributed by atoms with Crippen molar-refractivity contribution in [3.63, 3.8) is 0 Å². The normalized spacial score (nSPS) is 12.3. The van der Waals surface area contributed by atoms with Gasteiger partial charge in [0.1, 0.15) is 16.2 Å². The number of amides is 1. The van der Waals surface area contributed by atoms with E-state index in [1.165, 1.54) is 17.3 Å². The van der Waals surface area contributed by atoms with E-state index in [1.54, 1.807) is 36.7 Å². The zero-order chi connectivity index (χ0) is 17.3. The third-order valence-corrected chi connectivity index (χ3v) is 5.75. The number of fused-ring (bicyclic) bond motifs is 1. The Labute approximate surface area is 149 Å². The van der Waals surface area contributed by atoms with Gasteiger partial charge in [0.2, 0.25) is 5.91 Å². The van der Waals surface area contributed by atoms with E-state index in [0.29, 0.717) is 0 Å². The molecule has 0 saturated carbocycles. The summed E-state index contributed by atoms with van der Waals surface area (Å²) >= 11 is 3.10. The molecule has 1 atom stereocenters. The smallest absolute Gasteiger partial charge is 0.235 e. The molecule has 2 aromatic heterocycles. The van der Waals surface area contributed by atoms with Gasteiger partial charge in [-0.2, -0.15) is 0 Å². The number of carbonyl (C=O) groups is 1. The van der Waals surface area contributed by atoms with Crippen LogP contribution >= 0.6 is 23.1 Å². The lowest BCUT2D eigenvalue weighted by Gasteiger charge is -2.16. The number of aromatic nitrogens is 2. The molecular weight excluding hydrogens is 338 g/mol. The number of hydrogen-bond acceptors (Lipinski definition) is 5. The van der Waals surface area contributed by atoms with Gasteiger partial charge in [-0.1, -0.05) is 41.6 Å². The summed E-state index contributed by atoms with van der Waals surface area (Å²) in [5.41, 5.74) is 3.51. The maximum absolute atomic E-state index is 12.2. The summed E-state index contributed by atoms with van der Waals surface area (Å²) in [4.78, 5) is 23.6. The summed E-state index contributed by atoms with van der Waals surface area (Å²) in [6.07, 6.45) is 1.58. The van der Waals surface area contributed by atoms with E-state index in [9.17, 15) is 4.79 Å². The van der Waals surface area contributed by atoms with Crippen LogP contribution in [0.2, 0.25) is 0 Å². The average molecular weight is 358 g/mol. The number of aryl methyl sites for hydroxylation is 1. The number of rotatable bonds is 4. The standard InChI is InChI=1S/C18H19N3OS2/c1-11-5-7-13(8-6-11)14-9-23-16-15(14)17(20-10-19-16)24-12(2)18(22)21(3)4/h5-10,12H,1-4H3/t12-/m0/s1. The number of thiophene rings is 1. The topological polar surface area (TPSA) is 46.1 Å². The predicted molar refractivity (Wildman–Crippen MR) is 102 cm³/mol. The number of carbonyl (C=O) groups excluding carboxylic acids is 1. The zero-order valence-corrected chi connectivity index (χ0v) is 15.7. The Bertz CT molecular complexity index is 872. The fraction of sp³-hybridized carbons (Fsp3) is 0.278. The van der Waals surface area contributed by atoms with Crippen molar-refractivity contribution in [2.45, 2.75) is 24.1 Å². The Kier molecular flexibility index (Phi) is 4.87. The summed E-state index contributed by atoms with van der Waals surface area (Å²) in [7, 11) is 3.55. The molecule has 0 unspecified atom stereocenters. The molecule has 24 heavy (non-hydrogen) atoms. The molecule has 0 aliphatic carbocycles. The van der Waals surface area contributed by atoms with Gasteiger partial charge in [0.25, 0.3) is 0 Å². The number of hydrogen-bond donors (Lipinski definition) is 0. The van der Waals surface area contributed by atoms with E-state index < -0.39 is 0 Å². The van der Waals surface area contributed by atoms with Crippen LogP contribution in [0.15, 0.2) is 41.0 Å². The van der Waals surface area contributed by atoms with Gasteiger partial charge < -0.3 is 4.90 Å². The Morgan fingerprint density at radius 3 is 2.58 bits per heavy atom. The van der Waals surface area contributed by atoms with Crippen molar-refractivity contribution >= 4 is 39.2 Å². The third kappa shape index (κ3) is 3.30. The fourth-order valence-corrected chi connectivity index (χ4v) is 4.52. The van der Waals surface area contributed by atoms with E-state index in [4.69, 9.17) is 0 Å². The van der Waals surface area contributed by atoms with Gasteiger partial charge in [0.15, 0.2) is 0 Å². The second kappa shape index (κ2) is 6.91. The average Bonchev–Trinajstić information content (AvgIpc) is 3.00. The van der Waals surface area contributed by atoms with Crippen molar-refractivity contribution < 1.29 is 4.79 Å². The van der Waals surface area contributed by atoms with Crippen LogP contribution in [-0.4, -0.2) is 40.1 Å². The van der Waals surface area contributed by atoms with E-state index in [2.05, 4.69) is 46.5 Å². The Hall–Kier alpha value is -1.92. The van der Waals surface area contributed by atoms with Gasteiger partial charge in [-0.05, 0) is 19.4 Å². The molecule has 0 N–H and O–H groups in total. The molecule has 0 bridgehead atoms. The molecule has 2 heterocycles. The lowest BCUT2D eigenvalue weighted by Crippen LogP contribution is -2.29. The molecule has 6 heteroatoms. The van der Waals surface area contributed by atoms with Crippen LogP contribution in [0.1, 0.15) is 12.5 Å². The van der Waals surface area contributed by atoms with Gasteiger partial charge in [-0.15, -0.1) is 11.3 Å². The molecule has 3 rings (SSSR count). The molecule has 3 aromatic rings. The van der Waals surface area contributed by atoms with Crippen molar-refractivity contribution in [2.75, 3.05) is 14.1 Å². The van der Waals surface area contributed by atoms with Gasteiger partial charge >= 0.3 is 0 Å². The molecule has 4 nitrogen and oxygen atoms in total. The Morgan fingerprint density at radius 1 is 1.21 bits per heavy atom. The van der Waals surface area contributed by atoms with Crippen LogP contribution in [0.4, 0.5) is 0 Å². The molecule has 1 amide bonds. The van der Waals surface area contributed by atoms with Crippen molar-refractivity contribution in [2.24, 2.45) is 0 Å². The minimum Gasteiger partial charge on any atom is -0.348 e. The maximum atomic E-state index is 12.2. The molecule has 0 saturated heterocycles. The summed E-state index contributed by atoms with van der Waals surface area (Å²) in [6, 6.07) is 8.45. The largest absolute Gasteiger partial charge is 0.348 e. The van der Waals surface area contributed by atoms with Gasteiger partial charge in [-0.25, -0.2) is 9.97 Å². The number of benzene rings is 1. The molecule has 0 radical (unpaired) electrons. The minimum atomic E-state index is -0.191. The fourth-order valence-electron chi connectivity index (χ4n) is 2.46. The van der Waals surface area contributed by atoms with Crippen LogP contribution in [0.25, 0.3) is 21.3 Å². The zero-order valence-electron chi connectivity index (χ0n) is 14.1. The molecule has 0 aliphatic heterocycles. The van der Waals surface area contributed by atoms with Crippen LogP contribution in [-0.2, 0) is 4.79 Å². The van der Waals surface area contributed by atoms with E-state index in [-0.39, 0.29) is 11.2 Å². The second-order valence-corrected chi connectivity index (χ2v) is 8.05. The highest BCUT2D eigenvalue weighted by Crippen LogP contribution is 2.39. The highest BCUT2D eigenvalue weighted by Gasteiger charge is 2.20. The Morgan fingerprint density at radius 2 is 1.92 bits per heavy atom. The van der Waals surface area contributed by atoms with Crippen molar-refractivity contribution in [3.05, 3.63) is 41.5 Å². The van der Waals surface area contributed by atoms with Crippen LogP contribution in [0.3, 0.4) is 0 Å². The van der Waals surface area contributed by atoms with Crippen LogP contribution in [0.5, 0.6) is 0 Å². The first-order valence-corrected chi connectivity index (χ1v) is 9.40. The first-order chi connectivity index (χ1) is 11.5. The quantitative estimate of drug-likeness (QED) is 0.518. The van der Waals surface area contributed by atoms with Crippen LogP contribution in [0, 0.1) is 6.92 Å². The number of thioether (sulfide) groups is 1. The summed E-state index contributed by atoms with van der Waals surface area (Å²) < 4.78 is 0. The first kappa shape index (κ1) is 16.9. The summed E-state index contributed by atoms with van der Waals surface area (Å²) in [5, 5.41) is 3.82. The maximum Gasteiger partial charge on any atom is 0.235 e. The molecular formula is C18H19N3OS2.